The van der Waals surface area contributed by atoms with Crippen molar-refractivity contribution < 1.29 is 22.3 Å². The lowest BCUT2D eigenvalue weighted by molar-refractivity contribution is 0.382. The van der Waals surface area contributed by atoms with Crippen LogP contribution in [-0.2, 0) is 10.0 Å². The lowest BCUT2D eigenvalue weighted by atomic mass is 10.2. The molecule has 0 bridgehead atoms. The highest BCUT2D eigenvalue weighted by atomic mass is 32.2. The van der Waals surface area contributed by atoms with Crippen LogP contribution >= 0.6 is 11.8 Å². The minimum atomic E-state index is -3.75. The molecular weight excluding hydrogens is 365 g/mol. The lowest BCUT2D eigenvalue weighted by Gasteiger charge is -2.25. The van der Waals surface area contributed by atoms with Gasteiger partial charge in [-0.05, 0) is 42.5 Å². The molecule has 2 aromatic carbocycles. The maximum Gasteiger partial charge on any atom is 0.244 e. The molecule has 0 spiro atoms. The van der Waals surface area contributed by atoms with Crippen LogP contribution < -0.4 is 9.47 Å². The van der Waals surface area contributed by atoms with Gasteiger partial charge in [0.2, 0.25) is 10.0 Å². The predicted octanol–water partition coefficient (Wildman–Crippen LogP) is 3.28. The number of hydrogen-bond donors (Lipinski definition) is 0. The summed E-state index contributed by atoms with van der Waals surface area (Å²) in [5.74, 6) is 1.41. The molecule has 0 radical (unpaired) electrons. The zero-order valence-corrected chi connectivity index (χ0v) is 15.4. The van der Waals surface area contributed by atoms with Gasteiger partial charge in [0.1, 0.15) is 17.3 Å². The van der Waals surface area contributed by atoms with Crippen LogP contribution in [0.4, 0.5) is 4.39 Å². The van der Waals surface area contributed by atoms with E-state index in [-0.39, 0.29) is 4.90 Å². The molecule has 1 fully saturated rings. The minimum absolute atomic E-state index is 0.0725. The molecule has 2 aromatic rings. The second-order valence-corrected chi connectivity index (χ2v) is 8.48. The van der Waals surface area contributed by atoms with Crippen molar-refractivity contribution in [3.63, 3.8) is 0 Å². The summed E-state index contributed by atoms with van der Waals surface area (Å²) >= 11 is 1.51. The summed E-state index contributed by atoms with van der Waals surface area (Å²) in [6.07, 6.45) is 0. The van der Waals surface area contributed by atoms with Gasteiger partial charge in [0.05, 0.1) is 24.5 Å². The Morgan fingerprint density at radius 2 is 1.84 bits per heavy atom. The molecule has 1 aliphatic rings. The first-order valence-electron chi connectivity index (χ1n) is 7.58. The number of hydrogen-bond acceptors (Lipinski definition) is 5. The van der Waals surface area contributed by atoms with Crippen molar-refractivity contribution in [2.45, 2.75) is 10.3 Å². The quantitative estimate of drug-likeness (QED) is 0.793. The molecular formula is C17H18FNO4S2. The van der Waals surface area contributed by atoms with Crippen molar-refractivity contribution in [1.29, 1.82) is 0 Å². The summed E-state index contributed by atoms with van der Waals surface area (Å²) in [6, 6.07) is 10.2. The molecule has 0 aromatic heterocycles. The van der Waals surface area contributed by atoms with Gasteiger partial charge in [-0.1, -0.05) is 0 Å². The number of thioether (sulfide) groups is 1. The molecule has 134 valence electrons. The molecule has 0 saturated carbocycles. The van der Waals surface area contributed by atoms with Gasteiger partial charge in [-0.2, -0.15) is 4.31 Å². The lowest BCUT2D eigenvalue weighted by Crippen LogP contribution is -2.30. The second kappa shape index (κ2) is 7.23. The Bertz CT molecular complexity index is 855. The molecule has 1 saturated heterocycles. The van der Waals surface area contributed by atoms with Gasteiger partial charge in [0, 0.05) is 17.9 Å². The minimum Gasteiger partial charge on any atom is -0.497 e. The largest absolute Gasteiger partial charge is 0.497 e. The summed E-state index contributed by atoms with van der Waals surface area (Å²) in [5.41, 5.74) is 0.732. The van der Waals surface area contributed by atoms with Gasteiger partial charge < -0.3 is 9.47 Å². The van der Waals surface area contributed by atoms with Crippen LogP contribution in [0.1, 0.15) is 10.9 Å². The first kappa shape index (κ1) is 18.0. The van der Waals surface area contributed by atoms with E-state index in [2.05, 4.69) is 0 Å². The van der Waals surface area contributed by atoms with E-state index >= 15 is 0 Å². The fourth-order valence-corrected chi connectivity index (χ4v) is 5.97. The summed E-state index contributed by atoms with van der Waals surface area (Å²) in [4.78, 5) is 0.0725. The third kappa shape index (κ3) is 3.47. The Morgan fingerprint density at radius 1 is 1.12 bits per heavy atom. The van der Waals surface area contributed by atoms with E-state index in [9.17, 15) is 12.8 Å². The standard InChI is InChI=1S/C17H18FNO4S2/c1-22-13-5-8-16(23-2)15(11-13)17-19(9-10-24-17)25(20,21)14-6-3-12(18)4-7-14/h3-8,11,17H,9-10H2,1-2H3/t17-/m0/s1. The molecule has 1 aliphatic heterocycles. The Hall–Kier alpha value is -1.77. The maximum atomic E-state index is 13.1. The number of sulfonamides is 1. The molecule has 3 rings (SSSR count). The van der Waals surface area contributed by atoms with Crippen molar-refractivity contribution in [2.24, 2.45) is 0 Å². The van der Waals surface area contributed by atoms with E-state index < -0.39 is 21.2 Å². The van der Waals surface area contributed by atoms with E-state index in [1.165, 1.54) is 28.2 Å². The zero-order chi connectivity index (χ0) is 18.0. The van der Waals surface area contributed by atoms with Gasteiger partial charge in [-0.25, -0.2) is 12.8 Å². The fourth-order valence-electron chi connectivity index (χ4n) is 2.72. The Kier molecular flexibility index (Phi) is 5.21. The van der Waals surface area contributed by atoms with Crippen LogP contribution in [0.25, 0.3) is 0 Å². The maximum absolute atomic E-state index is 13.1. The van der Waals surface area contributed by atoms with Crippen LogP contribution in [-0.4, -0.2) is 39.2 Å². The van der Waals surface area contributed by atoms with Crippen molar-refractivity contribution in [3.05, 3.63) is 53.8 Å². The van der Waals surface area contributed by atoms with E-state index in [4.69, 9.17) is 9.47 Å². The average molecular weight is 383 g/mol. The van der Waals surface area contributed by atoms with Gasteiger partial charge in [0.25, 0.3) is 0 Å². The molecule has 0 aliphatic carbocycles. The van der Waals surface area contributed by atoms with Gasteiger partial charge >= 0.3 is 0 Å². The Labute approximate surface area is 150 Å². The highest BCUT2D eigenvalue weighted by molar-refractivity contribution is 8.01. The monoisotopic (exact) mass is 383 g/mol. The highest BCUT2D eigenvalue weighted by Gasteiger charge is 2.38. The van der Waals surface area contributed by atoms with Crippen LogP contribution in [0, 0.1) is 5.82 Å². The smallest absolute Gasteiger partial charge is 0.244 e. The van der Waals surface area contributed by atoms with E-state index in [0.717, 1.165) is 17.7 Å². The molecule has 8 heteroatoms. The molecule has 0 N–H and O–H groups in total. The number of nitrogens with zero attached hydrogens (tertiary/aromatic N) is 1. The first-order valence-corrected chi connectivity index (χ1v) is 10.1. The number of rotatable bonds is 5. The second-order valence-electron chi connectivity index (χ2n) is 5.40. The van der Waals surface area contributed by atoms with Crippen LogP contribution in [0.15, 0.2) is 47.4 Å². The Balaban J connectivity index is 2.02. The summed E-state index contributed by atoms with van der Waals surface area (Å²) in [5, 5.41) is -0.430. The fraction of sp³-hybridized carbons (Fsp3) is 0.294. The SMILES string of the molecule is COc1ccc(OC)c([C@@H]2SCCN2S(=O)(=O)c2ccc(F)cc2)c1. The summed E-state index contributed by atoms with van der Waals surface area (Å²) < 4.78 is 51.2. The van der Waals surface area contributed by atoms with Crippen molar-refractivity contribution in [1.82, 2.24) is 4.31 Å². The van der Waals surface area contributed by atoms with E-state index in [1.54, 1.807) is 32.4 Å². The van der Waals surface area contributed by atoms with Crippen molar-refractivity contribution in [3.8, 4) is 11.5 Å². The molecule has 0 amide bonds. The summed E-state index contributed by atoms with van der Waals surface area (Å²) in [7, 11) is -0.647. The molecule has 1 atom stereocenters. The highest BCUT2D eigenvalue weighted by Crippen LogP contribution is 2.45. The molecule has 25 heavy (non-hydrogen) atoms. The molecule has 5 nitrogen and oxygen atoms in total. The van der Waals surface area contributed by atoms with Crippen LogP contribution in [0.5, 0.6) is 11.5 Å². The normalized spacial score (nSPS) is 18.3. The number of benzene rings is 2. The number of halogens is 1. The van der Waals surface area contributed by atoms with E-state index in [0.29, 0.717) is 23.8 Å². The topological polar surface area (TPSA) is 55.8 Å². The van der Waals surface area contributed by atoms with Gasteiger partial charge in [-0.15, -0.1) is 11.8 Å². The van der Waals surface area contributed by atoms with E-state index in [1.807, 2.05) is 0 Å². The van der Waals surface area contributed by atoms with Gasteiger partial charge in [0.15, 0.2) is 0 Å². The third-order valence-corrected chi connectivity index (χ3v) is 7.23. The average Bonchev–Trinajstić information content (AvgIpc) is 3.12. The number of ether oxygens (including phenoxy) is 2. The predicted molar refractivity (Wildman–Crippen MR) is 95.0 cm³/mol. The van der Waals surface area contributed by atoms with Crippen molar-refractivity contribution >= 4 is 21.8 Å². The third-order valence-electron chi connectivity index (χ3n) is 3.97. The first-order chi connectivity index (χ1) is 12.0. The molecule has 1 heterocycles. The molecule has 0 unspecified atom stereocenters. The summed E-state index contributed by atoms with van der Waals surface area (Å²) in [6.45, 7) is 0.370. The van der Waals surface area contributed by atoms with Crippen LogP contribution in [0.3, 0.4) is 0 Å². The van der Waals surface area contributed by atoms with Gasteiger partial charge in [-0.3, -0.25) is 0 Å². The van der Waals surface area contributed by atoms with Crippen LogP contribution in [0.2, 0.25) is 0 Å². The zero-order valence-electron chi connectivity index (χ0n) is 13.8. The number of methoxy groups -OCH3 is 2. The Morgan fingerprint density at radius 3 is 2.48 bits per heavy atom. The van der Waals surface area contributed by atoms with Crippen molar-refractivity contribution in [2.75, 3.05) is 26.5 Å².